The van der Waals surface area contributed by atoms with Crippen LogP contribution in [-0.4, -0.2) is 142 Å². The number of benzene rings is 3. The zero-order valence-electron chi connectivity index (χ0n) is 36.2. The fraction of sp³-hybridized carbons (Fsp3) is 0.409. The summed E-state index contributed by atoms with van der Waals surface area (Å²) >= 11 is 6.50. The number of aryl methyl sites for hydroxylation is 1. The van der Waals surface area contributed by atoms with Crippen LogP contribution >= 0.6 is 11.6 Å². The summed E-state index contributed by atoms with van der Waals surface area (Å²) in [4.78, 5) is 68.3. The van der Waals surface area contributed by atoms with E-state index in [1.807, 2.05) is 12.1 Å². The molecule has 20 heteroatoms. The molecule has 3 saturated heterocycles. The molecule has 0 spiro atoms. The number of nitrogens with zero attached hydrogens (tertiary/aromatic N) is 7. The Morgan fingerprint density at radius 2 is 1.64 bits per heavy atom. The molecule has 4 aliphatic heterocycles. The molecule has 1 atom stereocenters. The predicted octanol–water partition coefficient (Wildman–Crippen LogP) is 4.43. The summed E-state index contributed by atoms with van der Waals surface area (Å²) in [6, 6.07) is 15.6. The lowest BCUT2D eigenvalue weighted by molar-refractivity contribution is -0.136. The van der Waals surface area contributed by atoms with E-state index >= 15 is 0 Å². The second-order valence-corrected chi connectivity index (χ2v) is 18.8. The Morgan fingerprint density at radius 1 is 0.906 bits per heavy atom. The van der Waals surface area contributed by atoms with Gasteiger partial charge in [0, 0.05) is 89.3 Å². The van der Waals surface area contributed by atoms with E-state index in [2.05, 4.69) is 52.9 Å². The molecule has 64 heavy (non-hydrogen) atoms. The number of hydrogen-bond donors (Lipinski definition) is 4. The molecule has 4 aliphatic rings. The molecule has 5 heterocycles. The Hall–Kier alpha value is -6.02. The quantitative estimate of drug-likeness (QED) is 0.129. The number of carbonyl (C=O) groups excluding carboxylic acids is 4. The van der Waals surface area contributed by atoms with Crippen molar-refractivity contribution in [2.24, 2.45) is 0 Å². The van der Waals surface area contributed by atoms with Crippen LogP contribution in [0.2, 0.25) is 5.02 Å². The molecule has 0 radical (unpaired) electrons. The van der Waals surface area contributed by atoms with Crippen LogP contribution in [0.4, 0.5) is 40.2 Å². The summed E-state index contributed by atoms with van der Waals surface area (Å²) in [6.07, 6.45) is 4.87. The van der Waals surface area contributed by atoms with E-state index in [0.717, 1.165) is 81.1 Å². The maximum Gasteiger partial charge on any atom is 0.264 e. The molecule has 4 amide bonds. The molecule has 3 aromatic carbocycles. The van der Waals surface area contributed by atoms with E-state index in [4.69, 9.17) is 16.3 Å². The third-order valence-electron chi connectivity index (χ3n) is 12.4. The number of ether oxygens (including phenoxy) is 1. The second-order valence-electron chi connectivity index (χ2n) is 16.4. The highest BCUT2D eigenvalue weighted by Crippen LogP contribution is 2.38. The lowest BCUT2D eigenvalue weighted by Gasteiger charge is -2.43. The molecule has 18 nitrogen and oxygen atoms in total. The highest BCUT2D eigenvalue weighted by atomic mass is 35.5. The molecule has 3 fully saturated rings. The Balaban J connectivity index is 0.825. The SMILES string of the molecule is COc1cc(N2CCC(N3CCN(CCNc4cccc5c4C(=O)N(C4CCC(=O)NC4=O)C5=O)CC3)CC2)c(C)cc1Nc1ncc(Cl)c(Nc2ccccc2N(C)S(C)(=O)=O)n1. The van der Waals surface area contributed by atoms with Crippen molar-refractivity contribution in [3.8, 4) is 5.75 Å². The number of amides is 4. The number of halogens is 1. The summed E-state index contributed by atoms with van der Waals surface area (Å²) in [5.74, 6) is -0.852. The van der Waals surface area contributed by atoms with Gasteiger partial charge in [-0.1, -0.05) is 29.8 Å². The largest absolute Gasteiger partial charge is 0.494 e. The van der Waals surface area contributed by atoms with Gasteiger partial charge in [0.15, 0.2) is 5.82 Å². The van der Waals surface area contributed by atoms with Gasteiger partial charge in [-0.25, -0.2) is 13.4 Å². The molecular formula is C44H52ClN11O7S. The van der Waals surface area contributed by atoms with Crippen molar-refractivity contribution in [3.05, 3.63) is 82.5 Å². The number of rotatable bonds is 14. The molecule has 338 valence electrons. The van der Waals surface area contributed by atoms with E-state index in [9.17, 15) is 27.6 Å². The molecule has 4 N–H and O–H groups in total. The minimum Gasteiger partial charge on any atom is -0.494 e. The van der Waals surface area contributed by atoms with Crippen LogP contribution in [0.3, 0.4) is 0 Å². The lowest BCUT2D eigenvalue weighted by Crippen LogP contribution is -2.54. The van der Waals surface area contributed by atoms with Gasteiger partial charge in [0.25, 0.3) is 11.8 Å². The van der Waals surface area contributed by atoms with Crippen molar-refractivity contribution in [1.29, 1.82) is 0 Å². The minimum atomic E-state index is -3.51. The van der Waals surface area contributed by atoms with E-state index in [1.165, 1.54) is 17.5 Å². The number of para-hydroxylation sites is 2. The summed E-state index contributed by atoms with van der Waals surface area (Å²) in [6.45, 7) is 8.99. The zero-order valence-corrected chi connectivity index (χ0v) is 37.8. The van der Waals surface area contributed by atoms with Gasteiger partial charge < -0.3 is 25.6 Å². The highest BCUT2D eigenvalue weighted by molar-refractivity contribution is 7.92. The number of anilines is 7. The van der Waals surface area contributed by atoms with Crippen molar-refractivity contribution in [1.82, 2.24) is 30.0 Å². The predicted molar refractivity (Wildman–Crippen MR) is 246 cm³/mol. The van der Waals surface area contributed by atoms with Crippen molar-refractivity contribution >= 4 is 85.5 Å². The van der Waals surface area contributed by atoms with Crippen molar-refractivity contribution in [2.75, 3.05) is 97.9 Å². The van der Waals surface area contributed by atoms with E-state index in [1.54, 1.807) is 49.6 Å². The number of piperidine rings is 2. The number of carbonyl (C=O) groups is 4. The molecule has 0 saturated carbocycles. The molecule has 4 aromatic rings. The van der Waals surface area contributed by atoms with Crippen LogP contribution in [-0.2, 0) is 19.6 Å². The Labute approximate surface area is 377 Å². The van der Waals surface area contributed by atoms with Gasteiger partial charge in [0.05, 0.1) is 47.8 Å². The van der Waals surface area contributed by atoms with Gasteiger partial charge in [0.2, 0.25) is 27.8 Å². The maximum atomic E-state index is 13.5. The molecule has 0 bridgehead atoms. The number of hydrogen-bond acceptors (Lipinski definition) is 15. The first kappa shape index (κ1) is 44.6. The first-order valence-electron chi connectivity index (χ1n) is 21.3. The fourth-order valence-electron chi connectivity index (χ4n) is 8.92. The van der Waals surface area contributed by atoms with Gasteiger partial charge in [-0.2, -0.15) is 4.98 Å². The number of nitrogens with one attached hydrogen (secondary N) is 4. The van der Waals surface area contributed by atoms with Crippen LogP contribution in [0, 0.1) is 6.92 Å². The number of methoxy groups -OCH3 is 1. The summed E-state index contributed by atoms with van der Waals surface area (Å²) in [5.41, 5.74) is 4.89. The summed E-state index contributed by atoms with van der Waals surface area (Å²) in [5, 5.41) is 12.3. The van der Waals surface area contributed by atoms with Crippen LogP contribution in [0.5, 0.6) is 5.75 Å². The highest BCUT2D eigenvalue weighted by Gasteiger charge is 2.45. The van der Waals surface area contributed by atoms with Crippen LogP contribution < -0.4 is 35.2 Å². The third-order valence-corrected chi connectivity index (χ3v) is 13.9. The number of fused-ring (bicyclic) bond motifs is 1. The number of imide groups is 2. The first-order chi connectivity index (χ1) is 30.7. The van der Waals surface area contributed by atoms with Gasteiger partial charge in [-0.05, 0) is 62.1 Å². The lowest BCUT2D eigenvalue weighted by atomic mass is 10.0. The van der Waals surface area contributed by atoms with E-state index in [0.29, 0.717) is 46.9 Å². The molecular weight excluding hydrogens is 862 g/mol. The Morgan fingerprint density at radius 3 is 2.36 bits per heavy atom. The van der Waals surface area contributed by atoms with Gasteiger partial charge in [-0.15, -0.1) is 0 Å². The number of aromatic nitrogens is 2. The first-order valence-corrected chi connectivity index (χ1v) is 23.5. The van der Waals surface area contributed by atoms with Crippen LogP contribution in [0.1, 0.15) is 52.0 Å². The van der Waals surface area contributed by atoms with Crippen LogP contribution in [0.15, 0.2) is 60.8 Å². The number of piperazine rings is 1. The van der Waals surface area contributed by atoms with Crippen molar-refractivity contribution in [2.45, 2.75) is 44.7 Å². The zero-order chi connectivity index (χ0) is 45.3. The third kappa shape index (κ3) is 9.29. The smallest absolute Gasteiger partial charge is 0.264 e. The summed E-state index contributed by atoms with van der Waals surface area (Å²) < 4.78 is 31.6. The molecule has 1 aromatic heterocycles. The van der Waals surface area contributed by atoms with Gasteiger partial charge >= 0.3 is 0 Å². The van der Waals surface area contributed by atoms with Gasteiger partial charge in [-0.3, -0.25) is 43.5 Å². The Kier molecular flexibility index (Phi) is 13.0. The summed E-state index contributed by atoms with van der Waals surface area (Å²) in [7, 11) is -0.406. The van der Waals surface area contributed by atoms with Crippen molar-refractivity contribution < 1.29 is 32.3 Å². The molecule has 1 unspecified atom stereocenters. The van der Waals surface area contributed by atoms with Gasteiger partial charge in [0.1, 0.15) is 16.8 Å². The maximum absolute atomic E-state index is 13.5. The monoisotopic (exact) mass is 913 g/mol. The minimum absolute atomic E-state index is 0.0750. The number of sulfonamides is 1. The standard InChI is InChI=1S/C44H52ClN11O7S/c1-27-24-33(49-44-47-26-30(45)40(51-44)48-31-9-5-6-11-34(31)52(2)64(4,61)62)37(63-3)25-36(27)55-17-14-28(15-18-55)54-22-20-53(21-23-54)19-16-46-32-10-7-8-29-39(32)43(60)56(42(29)59)35-12-13-38(57)50-41(35)58/h5-11,24-26,28,35,46H,12-23H2,1-4H3,(H,50,57,58)(H2,47,48,49,51). The average Bonchev–Trinajstić information content (AvgIpc) is 3.53. The molecule has 8 rings (SSSR count). The van der Waals surface area contributed by atoms with E-state index in [-0.39, 0.29) is 34.9 Å². The fourth-order valence-corrected chi connectivity index (χ4v) is 9.57. The van der Waals surface area contributed by atoms with E-state index < -0.39 is 39.7 Å². The van der Waals surface area contributed by atoms with Crippen LogP contribution in [0.25, 0.3) is 0 Å². The average molecular weight is 914 g/mol. The topological polar surface area (TPSA) is 202 Å². The normalized spacial score (nSPS) is 18.8. The Bertz CT molecular complexity index is 2580. The van der Waals surface area contributed by atoms with Crippen molar-refractivity contribution in [3.63, 3.8) is 0 Å². The second kappa shape index (κ2) is 18.6. The molecule has 0 aliphatic carbocycles.